The van der Waals surface area contributed by atoms with E-state index in [4.69, 9.17) is 21.3 Å². The molecule has 172 valence electrons. The highest BCUT2D eigenvalue weighted by Crippen LogP contribution is 2.33. The van der Waals surface area contributed by atoms with Crippen molar-refractivity contribution in [3.63, 3.8) is 0 Å². The minimum absolute atomic E-state index is 0. The molecule has 0 spiro atoms. The van der Waals surface area contributed by atoms with E-state index in [2.05, 4.69) is 32.7 Å². The zero-order valence-electron chi connectivity index (χ0n) is 18.7. The Morgan fingerprint density at radius 3 is 2.84 bits per heavy atom. The maximum Gasteiger partial charge on any atom is 0.191 e. The fourth-order valence-electron chi connectivity index (χ4n) is 3.48. The quantitative estimate of drug-likeness (QED) is 0.222. The molecular formula is C21H33ClIN7O. The highest BCUT2D eigenvalue weighted by Gasteiger charge is 2.25. The van der Waals surface area contributed by atoms with Gasteiger partial charge in [0.15, 0.2) is 11.8 Å². The standard InChI is InChI=1S/C21H32ClN7O.HI/c1-5-6-10-23-21(24-13-20-27-26-15(2)28(20)3)25-17-9-11-29(14-17)18-12-16(22)7-8-19(18)30-4;/h7-8,12,17H,5-6,9-11,13-14H2,1-4H3,(H2,23,24,25);1H. The fraction of sp³-hybridized carbons (Fsp3) is 0.571. The minimum Gasteiger partial charge on any atom is -0.495 e. The van der Waals surface area contributed by atoms with E-state index in [-0.39, 0.29) is 30.0 Å². The van der Waals surface area contributed by atoms with Crippen LogP contribution in [0.15, 0.2) is 23.2 Å². The van der Waals surface area contributed by atoms with Crippen molar-refractivity contribution in [1.82, 2.24) is 25.4 Å². The molecule has 1 aromatic heterocycles. The van der Waals surface area contributed by atoms with E-state index in [1.54, 1.807) is 7.11 Å². The minimum atomic E-state index is 0. The SMILES string of the molecule is CCCCNC(=NCc1nnc(C)n1C)NC1CCN(c2cc(Cl)ccc2OC)C1.I. The number of unbranched alkanes of at least 4 members (excludes halogenated alkanes) is 1. The van der Waals surface area contributed by atoms with Crippen LogP contribution in [0.5, 0.6) is 5.75 Å². The Kier molecular flexibility index (Phi) is 10.1. The first-order valence-electron chi connectivity index (χ1n) is 10.5. The van der Waals surface area contributed by atoms with Gasteiger partial charge in [0.25, 0.3) is 0 Å². The average Bonchev–Trinajstić information content (AvgIpc) is 3.33. The van der Waals surface area contributed by atoms with Gasteiger partial charge >= 0.3 is 0 Å². The van der Waals surface area contributed by atoms with Crippen LogP contribution in [0.25, 0.3) is 0 Å². The summed E-state index contributed by atoms with van der Waals surface area (Å²) in [5, 5.41) is 16.1. The summed E-state index contributed by atoms with van der Waals surface area (Å²) in [5.74, 6) is 3.39. The largest absolute Gasteiger partial charge is 0.495 e. The lowest BCUT2D eigenvalue weighted by atomic mass is 10.2. The number of aliphatic imine (C=N–C) groups is 1. The van der Waals surface area contributed by atoms with Crippen molar-refractivity contribution in [2.24, 2.45) is 12.0 Å². The Morgan fingerprint density at radius 1 is 1.35 bits per heavy atom. The molecule has 10 heteroatoms. The normalized spacial score (nSPS) is 16.2. The van der Waals surface area contributed by atoms with Gasteiger partial charge in [0.1, 0.15) is 18.1 Å². The third-order valence-electron chi connectivity index (χ3n) is 5.39. The number of halogens is 2. The monoisotopic (exact) mass is 561 g/mol. The zero-order valence-corrected chi connectivity index (χ0v) is 21.8. The Balaban J connectivity index is 0.00000341. The first-order chi connectivity index (χ1) is 14.5. The number of nitrogens with zero attached hydrogens (tertiary/aromatic N) is 5. The van der Waals surface area contributed by atoms with Crippen molar-refractivity contribution in [1.29, 1.82) is 0 Å². The molecule has 0 aliphatic carbocycles. The van der Waals surface area contributed by atoms with Gasteiger partial charge in [-0.25, -0.2) is 4.99 Å². The van der Waals surface area contributed by atoms with Crippen molar-refractivity contribution in [3.05, 3.63) is 34.9 Å². The number of anilines is 1. The van der Waals surface area contributed by atoms with Gasteiger partial charge in [-0.15, -0.1) is 34.2 Å². The highest BCUT2D eigenvalue weighted by atomic mass is 127. The number of hydrogen-bond acceptors (Lipinski definition) is 5. The van der Waals surface area contributed by atoms with E-state index >= 15 is 0 Å². The molecule has 3 rings (SSSR count). The molecule has 0 bridgehead atoms. The highest BCUT2D eigenvalue weighted by molar-refractivity contribution is 14.0. The third kappa shape index (κ3) is 6.86. The number of nitrogens with one attached hydrogen (secondary N) is 2. The number of ether oxygens (including phenoxy) is 1. The zero-order chi connectivity index (χ0) is 21.5. The van der Waals surface area contributed by atoms with Gasteiger partial charge in [-0.05, 0) is 38.0 Å². The number of benzene rings is 1. The van der Waals surface area contributed by atoms with E-state index in [1.165, 1.54) is 0 Å². The number of rotatable bonds is 8. The van der Waals surface area contributed by atoms with Crippen molar-refractivity contribution >= 4 is 47.2 Å². The summed E-state index contributed by atoms with van der Waals surface area (Å²) in [6, 6.07) is 6.02. The smallest absolute Gasteiger partial charge is 0.191 e. The molecule has 1 atom stereocenters. The summed E-state index contributed by atoms with van der Waals surface area (Å²) in [5.41, 5.74) is 1.03. The van der Waals surface area contributed by atoms with Crippen LogP contribution in [-0.4, -0.2) is 53.5 Å². The van der Waals surface area contributed by atoms with Crippen molar-refractivity contribution < 1.29 is 4.74 Å². The summed E-state index contributed by atoms with van der Waals surface area (Å²) >= 11 is 6.22. The Labute approximate surface area is 206 Å². The molecule has 1 fully saturated rings. The number of aryl methyl sites for hydroxylation is 1. The van der Waals surface area contributed by atoms with Crippen molar-refractivity contribution in [3.8, 4) is 5.75 Å². The lowest BCUT2D eigenvalue weighted by Crippen LogP contribution is -2.45. The summed E-state index contributed by atoms with van der Waals surface area (Å²) in [7, 11) is 3.65. The van der Waals surface area contributed by atoms with Crippen LogP contribution < -0.4 is 20.3 Å². The summed E-state index contributed by atoms with van der Waals surface area (Å²) in [6.45, 7) is 7.28. The summed E-state index contributed by atoms with van der Waals surface area (Å²) in [4.78, 5) is 7.06. The lowest BCUT2D eigenvalue weighted by Gasteiger charge is -2.22. The van der Waals surface area contributed by atoms with E-state index in [0.717, 1.165) is 67.9 Å². The van der Waals surface area contributed by atoms with Crippen LogP contribution in [0.2, 0.25) is 5.02 Å². The summed E-state index contributed by atoms with van der Waals surface area (Å²) in [6.07, 6.45) is 3.24. The molecule has 1 aliphatic rings. The van der Waals surface area contributed by atoms with E-state index in [0.29, 0.717) is 11.6 Å². The van der Waals surface area contributed by atoms with E-state index < -0.39 is 0 Å². The molecule has 2 aromatic rings. The molecule has 1 aromatic carbocycles. The molecule has 2 heterocycles. The van der Waals surface area contributed by atoms with Crippen LogP contribution in [0.1, 0.15) is 37.8 Å². The van der Waals surface area contributed by atoms with Gasteiger partial charge in [-0.2, -0.15) is 0 Å². The van der Waals surface area contributed by atoms with Gasteiger partial charge < -0.3 is 24.8 Å². The van der Waals surface area contributed by atoms with Crippen LogP contribution in [0.4, 0.5) is 5.69 Å². The Hall–Kier alpha value is -1.75. The molecular weight excluding hydrogens is 529 g/mol. The van der Waals surface area contributed by atoms with E-state index in [1.807, 2.05) is 36.7 Å². The summed E-state index contributed by atoms with van der Waals surface area (Å²) < 4.78 is 7.49. The van der Waals surface area contributed by atoms with Gasteiger partial charge in [0, 0.05) is 37.7 Å². The molecule has 8 nitrogen and oxygen atoms in total. The third-order valence-corrected chi connectivity index (χ3v) is 5.63. The Morgan fingerprint density at radius 2 is 2.16 bits per heavy atom. The van der Waals surface area contributed by atoms with Crippen LogP contribution in [0.3, 0.4) is 0 Å². The number of guanidine groups is 1. The number of aromatic nitrogens is 3. The number of hydrogen-bond donors (Lipinski definition) is 2. The molecule has 1 saturated heterocycles. The molecule has 0 saturated carbocycles. The molecule has 31 heavy (non-hydrogen) atoms. The molecule has 1 aliphatic heterocycles. The predicted molar refractivity (Wildman–Crippen MR) is 137 cm³/mol. The van der Waals surface area contributed by atoms with Crippen LogP contribution in [-0.2, 0) is 13.6 Å². The predicted octanol–water partition coefficient (Wildman–Crippen LogP) is 3.52. The second-order valence-electron chi connectivity index (χ2n) is 7.56. The van der Waals surface area contributed by atoms with Gasteiger partial charge in [0.05, 0.1) is 12.8 Å². The van der Waals surface area contributed by atoms with Crippen LogP contribution >= 0.6 is 35.6 Å². The second-order valence-corrected chi connectivity index (χ2v) is 8.00. The average molecular weight is 562 g/mol. The lowest BCUT2D eigenvalue weighted by molar-refractivity contribution is 0.415. The van der Waals surface area contributed by atoms with Crippen LogP contribution in [0, 0.1) is 6.92 Å². The van der Waals surface area contributed by atoms with Crippen molar-refractivity contribution in [2.45, 2.75) is 45.7 Å². The number of methoxy groups -OCH3 is 1. The molecule has 2 N–H and O–H groups in total. The molecule has 0 amide bonds. The van der Waals surface area contributed by atoms with E-state index in [9.17, 15) is 0 Å². The Bertz CT molecular complexity index is 873. The second kappa shape index (κ2) is 12.3. The van der Waals surface area contributed by atoms with Gasteiger partial charge in [-0.3, -0.25) is 0 Å². The topological polar surface area (TPSA) is 79.6 Å². The van der Waals surface area contributed by atoms with Gasteiger partial charge in [-0.1, -0.05) is 24.9 Å². The van der Waals surface area contributed by atoms with Gasteiger partial charge in [0.2, 0.25) is 0 Å². The molecule has 1 unspecified atom stereocenters. The van der Waals surface area contributed by atoms with Crippen molar-refractivity contribution in [2.75, 3.05) is 31.6 Å². The first-order valence-corrected chi connectivity index (χ1v) is 10.9. The maximum absolute atomic E-state index is 6.22. The molecule has 0 radical (unpaired) electrons. The fourth-order valence-corrected chi connectivity index (χ4v) is 3.64. The first kappa shape index (κ1) is 25.5. The maximum atomic E-state index is 6.22.